The summed E-state index contributed by atoms with van der Waals surface area (Å²) in [7, 11) is 0. The largest absolute Gasteiger partial charge is 0.463 e. The van der Waals surface area contributed by atoms with E-state index in [0.29, 0.717) is 47.6 Å². The fourth-order valence-corrected chi connectivity index (χ4v) is 4.41. The predicted molar refractivity (Wildman–Crippen MR) is 122 cm³/mol. The second-order valence-corrected chi connectivity index (χ2v) is 8.67. The Labute approximate surface area is 194 Å². The zero-order chi connectivity index (χ0) is 22.8. The molecule has 1 aromatic carbocycles. The number of benzene rings is 1. The molecule has 0 radical (unpaired) electrons. The second-order valence-electron chi connectivity index (χ2n) is 8.27. The van der Waals surface area contributed by atoms with Gasteiger partial charge in [0.25, 0.3) is 0 Å². The summed E-state index contributed by atoms with van der Waals surface area (Å²) < 4.78 is 18.5. The van der Waals surface area contributed by atoms with Crippen molar-refractivity contribution in [1.29, 1.82) is 0 Å². The van der Waals surface area contributed by atoms with Crippen molar-refractivity contribution >= 4 is 46.1 Å². The fraction of sp³-hybridized carbons (Fsp3) is 0.409. The number of aromatic nitrogens is 4. The first-order valence-electron chi connectivity index (χ1n) is 10.9. The molecule has 0 aliphatic carbocycles. The molecule has 4 heterocycles. The van der Waals surface area contributed by atoms with Crippen LogP contribution in [0.1, 0.15) is 12.8 Å². The zero-order valence-corrected chi connectivity index (χ0v) is 18.6. The van der Waals surface area contributed by atoms with E-state index in [0.717, 1.165) is 39.0 Å². The van der Waals surface area contributed by atoms with Crippen LogP contribution in [0.25, 0.3) is 11.0 Å². The molecule has 2 aliphatic rings. The minimum Gasteiger partial charge on any atom is -0.463 e. The lowest BCUT2D eigenvalue weighted by molar-refractivity contribution is -0.150. The van der Waals surface area contributed by atoms with Gasteiger partial charge < -0.3 is 15.0 Å². The monoisotopic (exact) mass is 471 g/mol. The highest BCUT2D eigenvalue weighted by Crippen LogP contribution is 2.27. The number of morpholine rings is 1. The summed E-state index contributed by atoms with van der Waals surface area (Å²) in [6, 6.07) is 4.38. The molecule has 0 saturated carbocycles. The van der Waals surface area contributed by atoms with Gasteiger partial charge in [0, 0.05) is 31.9 Å². The van der Waals surface area contributed by atoms with E-state index in [4.69, 9.17) is 21.3 Å². The van der Waals surface area contributed by atoms with E-state index < -0.39 is 5.82 Å². The van der Waals surface area contributed by atoms with Gasteiger partial charge in [0.05, 0.1) is 17.8 Å². The molecule has 0 bridgehead atoms. The number of hydrogen-bond donors (Lipinski definition) is 1. The van der Waals surface area contributed by atoms with E-state index in [1.54, 1.807) is 12.3 Å². The maximum atomic E-state index is 13.5. The van der Waals surface area contributed by atoms with Crippen LogP contribution in [-0.4, -0.2) is 70.1 Å². The SMILES string of the molecule is O=C1CN(CC2CCN(c3ncc4ncnc(Nc5ccc(F)c(Cl)c5)c4n3)CC2)CCO1. The Bertz CT molecular complexity index is 1170. The van der Waals surface area contributed by atoms with Gasteiger partial charge in [-0.05, 0) is 37.0 Å². The molecule has 172 valence electrons. The molecule has 3 aromatic rings. The highest BCUT2D eigenvalue weighted by molar-refractivity contribution is 6.31. The number of esters is 1. The number of nitrogens with zero attached hydrogens (tertiary/aromatic N) is 6. The van der Waals surface area contributed by atoms with Crippen molar-refractivity contribution in [2.24, 2.45) is 5.92 Å². The maximum Gasteiger partial charge on any atom is 0.320 e. The number of ether oxygens (including phenoxy) is 1. The molecule has 9 nitrogen and oxygen atoms in total. The third-order valence-corrected chi connectivity index (χ3v) is 6.27. The van der Waals surface area contributed by atoms with E-state index in [1.807, 2.05) is 0 Å². The van der Waals surface area contributed by atoms with Crippen LogP contribution >= 0.6 is 11.6 Å². The molecule has 5 rings (SSSR count). The van der Waals surface area contributed by atoms with Crippen molar-refractivity contribution in [2.45, 2.75) is 12.8 Å². The van der Waals surface area contributed by atoms with Crippen molar-refractivity contribution in [1.82, 2.24) is 24.8 Å². The number of hydrogen-bond acceptors (Lipinski definition) is 9. The van der Waals surface area contributed by atoms with Gasteiger partial charge in [-0.25, -0.2) is 24.3 Å². The van der Waals surface area contributed by atoms with Crippen molar-refractivity contribution in [3.63, 3.8) is 0 Å². The molecule has 0 amide bonds. The van der Waals surface area contributed by atoms with Gasteiger partial charge in [-0.1, -0.05) is 11.6 Å². The summed E-state index contributed by atoms with van der Waals surface area (Å²) in [4.78, 5) is 33.7. The Morgan fingerprint density at radius 3 is 2.82 bits per heavy atom. The molecule has 2 aliphatic heterocycles. The summed E-state index contributed by atoms with van der Waals surface area (Å²) in [5.74, 6) is 1.02. The molecule has 0 unspecified atom stereocenters. The Hall–Kier alpha value is -3.11. The summed E-state index contributed by atoms with van der Waals surface area (Å²) in [5.41, 5.74) is 1.79. The Kier molecular flexibility index (Phi) is 6.19. The van der Waals surface area contributed by atoms with Crippen LogP contribution in [0.4, 0.5) is 21.8 Å². The van der Waals surface area contributed by atoms with Crippen molar-refractivity contribution in [2.75, 3.05) is 49.5 Å². The quantitative estimate of drug-likeness (QED) is 0.563. The number of rotatable bonds is 5. The molecule has 2 aromatic heterocycles. The second kappa shape index (κ2) is 9.40. The van der Waals surface area contributed by atoms with Crippen LogP contribution in [0.3, 0.4) is 0 Å². The van der Waals surface area contributed by atoms with Gasteiger partial charge in [-0.2, -0.15) is 0 Å². The summed E-state index contributed by atoms with van der Waals surface area (Å²) in [6.07, 6.45) is 5.11. The Balaban J connectivity index is 1.28. The van der Waals surface area contributed by atoms with E-state index >= 15 is 0 Å². The average molecular weight is 472 g/mol. The number of piperidine rings is 1. The van der Waals surface area contributed by atoms with Crippen molar-refractivity contribution < 1.29 is 13.9 Å². The lowest BCUT2D eigenvalue weighted by atomic mass is 9.96. The third-order valence-electron chi connectivity index (χ3n) is 5.98. The first-order valence-corrected chi connectivity index (χ1v) is 11.3. The minimum atomic E-state index is -0.483. The van der Waals surface area contributed by atoms with Crippen LogP contribution in [0.2, 0.25) is 5.02 Å². The number of cyclic esters (lactones) is 1. The van der Waals surface area contributed by atoms with Gasteiger partial charge >= 0.3 is 5.97 Å². The summed E-state index contributed by atoms with van der Waals surface area (Å²) >= 11 is 5.90. The predicted octanol–water partition coefficient (Wildman–Crippen LogP) is 3.03. The molecular weight excluding hydrogens is 449 g/mol. The van der Waals surface area contributed by atoms with Crippen LogP contribution < -0.4 is 10.2 Å². The number of anilines is 3. The highest BCUT2D eigenvalue weighted by Gasteiger charge is 2.26. The number of carbonyl (C=O) groups excluding carboxylic acids is 1. The van der Waals surface area contributed by atoms with Gasteiger partial charge in [-0.3, -0.25) is 9.69 Å². The molecular formula is C22H23ClFN7O2. The molecule has 2 saturated heterocycles. The number of halogens is 2. The van der Waals surface area contributed by atoms with Gasteiger partial charge in [0.1, 0.15) is 29.8 Å². The third kappa shape index (κ3) is 4.96. The molecule has 0 spiro atoms. The van der Waals surface area contributed by atoms with Crippen LogP contribution in [0.5, 0.6) is 0 Å². The first-order chi connectivity index (χ1) is 16.0. The Morgan fingerprint density at radius 1 is 1.18 bits per heavy atom. The number of fused-ring (bicyclic) bond motifs is 1. The van der Waals surface area contributed by atoms with Gasteiger partial charge in [0.2, 0.25) is 5.95 Å². The summed E-state index contributed by atoms with van der Waals surface area (Å²) in [6.45, 7) is 4.23. The number of carbonyl (C=O) groups is 1. The smallest absolute Gasteiger partial charge is 0.320 e. The van der Waals surface area contributed by atoms with Crippen LogP contribution in [0, 0.1) is 11.7 Å². The molecule has 33 heavy (non-hydrogen) atoms. The normalized spacial score (nSPS) is 17.9. The van der Waals surface area contributed by atoms with Crippen molar-refractivity contribution in [3.05, 3.63) is 41.6 Å². The Morgan fingerprint density at radius 2 is 2.03 bits per heavy atom. The average Bonchev–Trinajstić information content (AvgIpc) is 2.82. The molecule has 11 heteroatoms. The van der Waals surface area contributed by atoms with E-state index in [-0.39, 0.29) is 11.0 Å². The number of nitrogens with one attached hydrogen (secondary N) is 1. The zero-order valence-electron chi connectivity index (χ0n) is 17.9. The topological polar surface area (TPSA) is 96.4 Å². The lowest BCUT2D eigenvalue weighted by Gasteiger charge is -2.35. The van der Waals surface area contributed by atoms with E-state index in [9.17, 15) is 9.18 Å². The van der Waals surface area contributed by atoms with Crippen LogP contribution in [-0.2, 0) is 9.53 Å². The highest BCUT2D eigenvalue weighted by atomic mass is 35.5. The van der Waals surface area contributed by atoms with E-state index in [1.165, 1.54) is 18.5 Å². The molecule has 0 atom stereocenters. The maximum absolute atomic E-state index is 13.5. The van der Waals surface area contributed by atoms with Crippen LogP contribution in [0.15, 0.2) is 30.7 Å². The lowest BCUT2D eigenvalue weighted by Crippen LogP contribution is -2.44. The molecule has 2 fully saturated rings. The van der Waals surface area contributed by atoms with Gasteiger partial charge in [-0.15, -0.1) is 0 Å². The van der Waals surface area contributed by atoms with Gasteiger partial charge in [0.15, 0.2) is 5.82 Å². The van der Waals surface area contributed by atoms with E-state index in [2.05, 4.69) is 30.1 Å². The molecule has 1 N–H and O–H groups in total. The first kappa shape index (κ1) is 21.7. The minimum absolute atomic E-state index is 0.0259. The standard InChI is InChI=1S/C22H23ClFN7O2/c23-16-9-15(1-2-17(16)24)28-21-20-18(26-13-27-21)10-25-22(29-20)31-5-3-14(4-6-31)11-30-7-8-33-19(32)12-30/h1-2,9-10,13-14H,3-8,11-12H2,(H,26,27,28). The summed E-state index contributed by atoms with van der Waals surface area (Å²) in [5, 5.41) is 3.17. The van der Waals surface area contributed by atoms with Crippen molar-refractivity contribution in [3.8, 4) is 0 Å². The fourth-order valence-electron chi connectivity index (χ4n) is 4.23.